The lowest BCUT2D eigenvalue weighted by atomic mass is 9.93. The van der Waals surface area contributed by atoms with Crippen LogP contribution in [-0.4, -0.2) is 57.8 Å². The summed E-state index contributed by atoms with van der Waals surface area (Å²) in [6.07, 6.45) is 9.49. The first kappa shape index (κ1) is 25.4. The molecule has 200 valence electrons. The van der Waals surface area contributed by atoms with E-state index in [9.17, 15) is 13.6 Å². The second-order valence-corrected chi connectivity index (χ2v) is 12.0. The van der Waals surface area contributed by atoms with Crippen molar-refractivity contribution in [2.45, 2.75) is 44.4 Å². The van der Waals surface area contributed by atoms with Gasteiger partial charge >= 0.3 is 0 Å². The molecule has 1 aromatic carbocycles. The molecule has 3 fully saturated rings. The van der Waals surface area contributed by atoms with Crippen LogP contribution in [0.2, 0.25) is 0 Å². The van der Waals surface area contributed by atoms with Gasteiger partial charge in [0, 0.05) is 61.4 Å². The van der Waals surface area contributed by atoms with Gasteiger partial charge in [0.25, 0.3) is 11.8 Å². The van der Waals surface area contributed by atoms with Crippen LogP contribution in [0.3, 0.4) is 0 Å². The number of rotatable bonds is 5. The molecule has 2 saturated heterocycles. The van der Waals surface area contributed by atoms with E-state index in [-0.39, 0.29) is 37.7 Å². The van der Waals surface area contributed by atoms with Gasteiger partial charge in [-0.2, -0.15) is 5.10 Å². The molecule has 0 unspecified atom stereocenters. The zero-order valence-corrected chi connectivity index (χ0v) is 23.4. The normalized spacial score (nSPS) is 20.0. The van der Waals surface area contributed by atoms with Gasteiger partial charge in [0.15, 0.2) is 11.6 Å². The van der Waals surface area contributed by atoms with Crippen LogP contribution in [0.4, 0.5) is 26.1 Å². The van der Waals surface area contributed by atoms with Crippen molar-refractivity contribution in [3.8, 4) is 11.3 Å². The molecule has 2 aromatic heterocycles. The highest BCUT2D eigenvalue weighted by Gasteiger charge is 2.44. The fraction of sp³-hybridized carbons (Fsp3) is 0.481. The summed E-state index contributed by atoms with van der Waals surface area (Å²) in [7, 11) is 1.80. The number of hydrogen-bond acceptors (Lipinski definition) is 6. The molecular formula is C27H30F2IN7O. The number of carbonyl (C=O) groups is 1. The molecule has 2 aliphatic heterocycles. The Morgan fingerprint density at radius 2 is 1.71 bits per heavy atom. The average Bonchev–Trinajstić information content (AvgIpc) is 3.51. The number of halogens is 3. The van der Waals surface area contributed by atoms with Crippen LogP contribution in [0, 0.1) is 8.99 Å². The SMILES string of the molecule is Cn1cc(-c2ncc(NC(=O)c3ccc(I)cc3N3CCC4(CC3)CC4)nc2N2CCC(F)(F)CC2)cn1. The zero-order valence-electron chi connectivity index (χ0n) is 21.3. The van der Waals surface area contributed by atoms with Crippen molar-refractivity contribution in [3.63, 3.8) is 0 Å². The summed E-state index contributed by atoms with van der Waals surface area (Å²) in [5.41, 5.74) is 3.36. The minimum absolute atomic E-state index is 0.157. The number of anilines is 3. The minimum Gasteiger partial charge on any atom is -0.371 e. The molecule has 11 heteroatoms. The maximum absolute atomic E-state index is 13.9. The van der Waals surface area contributed by atoms with E-state index in [0.717, 1.165) is 27.9 Å². The number of hydrogen-bond donors (Lipinski definition) is 1. The molecule has 8 nitrogen and oxygen atoms in total. The topological polar surface area (TPSA) is 79.2 Å². The zero-order chi connectivity index (χ0) is 26.5. The van der Waals surface area contributed by atoms with Crippen molar-refractivity contribution < 1.29 is 13.6 Å². The maximum Gasteiger partial charge on any atom is 0.258 e. The summed E-state index contributed by atoms with van der Waals surface area (Å²) in [6, 6.07) is 5.86. The van der Waals surface area contributed by atoms with Crippen molar-refractivity contribution in [3.05, 3.63) is 45.9 Å². The Balaban J connectivity index is 1.27. The summed E-state index contributed by atoms with van der Waals surface area (Å²) in [6.45, 7) is 2.21. The van der Waals surface area contributed by atoms with Gasteiger partial charge in [-0.15, -0.1) is 0 Å². The highest BCUT2D eigenvalue weighted by atomic mass is 127. The lowest BCUT2D eigenvalue weighted by molar-refractivity contribution is -0.0221. The van der Waals surface area contributed by atoms with E-state index in [0.29, 0.717) is 22.5 Å². The third-order valence-electron chi connectivity index (χ3n) is 8.09. The largest absolute Gasteiger partial charge is 0.371 e. The molecular weight excluding hydrogens is 603 g/mol. The van der Waals surface area contributed by atoms with E-state index in [2.05, 4.69) is 49.0 Å². The third-order valence-corrected chi connectivity index (χ3v) is 8.77. The summed E-state index contributed by atoms with van der Waals surface area (Å²) in [5.74, 6) is -2.18. The Labute approximate surface area is 234 Å². The van der Waals surface area contributed by atoms with Crippen LogP contribution < -0.4 is 15.1 Å². The van der Waals surface area contributed by atoms with Gasteiger partial charge < -0.3 is 15.1 Å². The van der Waals surface area contributed by atoms with E-state index in [1.807, 2.05) is 23.2 Å². The van der Waals surface area contributed by atoms with Gasteiger partial charge in [-0.3, -0.25) is 9.48 Å². The minimum atomic E-state index is -2.68. The number of benzene rings is 1. The number of piperidine rings is 2. The summed E-state index contributed by atoms with van der Waals surface area (Å²) in [5, 5.41) is 7.15. The Hall–Kier alpha value is -2.83. The van der Waals surface area contributed by atoms with Gasteiger partial charge in [-0.1, -0.05) is 0 Å². The van der Waals surface area contributed by atoms with Crippen molar-refractivity contribution in [1.29, 1.82) is 0 Å². The molecule has 1 N–H and O–H groups in total. The number of aryl methyl sites for hydroxylation is 1. The number of amides is 1. The monoisotopic (exact) mass is 633 g/mol. The second-order valence-electron chi connectivity index (χ2n) is 10.8. The number of aromatic nitrogens is 4. The first-order valence-corrected chi connectivity index (χ1v) is 14.1. The third kappa shape index (κ3) is 5.21. The Morgan fingerprint density at radius 3 is 2.37 bits per heavy atom. The molecule has 1 aliphatic carbocycles. The fourth-order valence-electron chi connectivity index (χ4n) is 5.49. The predicted molar refractivity (Wildman–Crippen MR) is 151 cm³/mol. The molecule has 3 aromatic rings. The van der Waals surface area contributed by atoms with E-state index in [1.165, 1.54) is 31.9 Å². The molecule has 1 amide bonds. The molecule has 4 heterocycles. The molecule has 0 radical (unpaired) electrons. The molecule has 3 aliphatic rings. The van der Waals surface area contributed by atoms with Gasteiger partial charge in [0.2, 0.25) is 0 Å². The van der Waals surface area contributed by atoms with Crippen molar-refractivity contribution in [1.82, 2.24) is 19.7 Å². The van der Waals surface area contributed by atoms with Crippen LogP contribution in [0.15, 0.2) is 36.8 Å². The van der Waals surface area contributed by atoms with E-state index < -0.39 is 5.92 Å². The van der Waals surface area contributed by atoms with Gasteiger partial charge in [0.05, 0.1) is 23.6 Å². The standard InChI is InChI=1S/C27H30F2IN7O/c1-35-17-18(15-32-35)23-24(37-12-8-27(28,29)9-13-37)33-22(16-31-23)34-25(38)20-3-2-19(30)14-21(20)36-10-6-26(4-5-26)7-11-36/h2-3,14-17H,4-13H2,1H3,(H,33,34,38). The molecule has 6 rings (SSSR count). The van der Waals surface area contributed by atoms with Gasteiger partial charge in [-0.05, 0) is 71.9 Å². The average molecular weight is 633 g/mol. The van der Waals surface area contributed by atoms with Gasteiger partial charge in [-0.25, -0.2) is 18.7 Å². The fourth-order valence-corrected chi connectivity index (χ4v) is 5.97. The van der Waals surface area contributed by atoms with Crippen molar-refractivity contribution in [2.24, 2.45) is 12.5 Å². The van der Waals surface area contributed by atoms with Crippen molar-refractivity contribution >= 4 is 45.8 Å². The molecule has 0 bridgehead atoms. The van der Waals surface area contributed by atoms with E-state index in [4.69, 9.17) is 4.98 Å². The quantitative estimate of drug-likeness (QED) is 0.382. The summed E-state index contributed by atoms with van der Waals surface area (Å²) >= 11 is 2.28. The smallest absolute Gasteiger partial charge is 0.258 e. The molecule has 38 heavy (non-hydrogen) atoms. The Bertz CT molecular complexity index is 1350. The highest BCUT2D eigenvalue weighted by molar-refractivity contribution is 14.1. The summed E-state index contributed by atoms with van der Waals surface area (Å²) < 4.78 is 30.5. The highest BCUT2D eigenvalue weighted by Crippen LogP contribution is 2.54. The molecule has 0 atom stereocenters. The van der Waals surface area contributed by atoms with Crippen LogP contribution in [0.5, 0.6) is 0 Å². The first-order valence-electron chi connectivity index (χ1n) is 13.1. The Kier molecular flexibility index (Phi) is 6.51. The number of carbonyl (C=O) groups excluding carboxylic acids is 1. The lowest BCUT2D eigenvalue weighted by Crippen LogP contribution is -2.40. The predicted octanol–water partition coefficient (Wildman–Crippen LogP) is 5.35. The maximum atomic E-state index is 13.9. The molecule has 1 spiro atoms. The number of nitrogens with one attached hydrogen (secondary N) is 1. The molecule has 1 saturated carbocycles. The van der Waals surface area contributed by atoms with Crippen LogP contribution in [0.1, 0.15) is 48.9 Å². The van der Waals surface area contributed by atoms with Gasteiger partial charge in [0.1, 0.15) is 5.69 Å². The summed E-state index contributed by atoms with van der Waals surface area (Å²) in [4.78, 5) is 27.0. The first-order chi connectivity index (χ1) is 18.2. The number of nitrogens with zero attached hydrogens (tertiary/aromatic N) is 6. The van der Waals surface area contributed by atoms with Crippen molar-refractivity contribution in [2.75, 3.05) is 41.3 Å². The van der Waals surface area contributed by atoms with E-state index >= 15 is 0 Å². The number of alkyl halides is 2. The van der Waals surface area contributed by atoms with Crippen LogP contribution >= 0.6 is 22.6 Å². The van der Waals surface area contributed by atoms with E-state index in [1.54, 1.807) is 17.9 Å². The lowest BCUT2D eigenvalue weighted by Gasteiger charge is -2.35. The second kappa shape index (κ2) is 9.73. The van der Waals surface area contributed by atoms with Crippen LogP contribution in [-0.2, 0) is 7.05 Å². The van der Waals surface area contributed by atoms with Crippen LogP contribution in [0.25, 0.3) is 11.3 Å². The Morgan fingerprint density at radius 1 is 1.00 bits per heavy atom.